The first kappa shape index (κ1) is 22.8. The van der Waals surface area contributed by atoms with Crippen molar-refractivity contribution < 1.29 is 17.9 Å². The van der Waals surface area contributed by atoms with E-state index in [0.717, 1.165) is 0 Å². The second kappa shape index (κ2) is 9.35. The lowest BCUT2D eigenvalue weighted by Gasteiger charge is -2.38. The summed E-state index contributed by atoms with van der Waals surface area (Å²) in [7, 11) is -3.59. The zero-order chi connectivity index (χ0) is 21.1. The van der Waals surface area contributed by atoms with Crippen molar-refractivity contribution in [2.45, 2.75) is 64.7 Å². The van der Waals surface area contributed by atoms with Crippen LogP contribution in [0.4, 0.5) is 5.69 Å². The van der Waals surface area contributed by atoms with Crippen molar-refractivity contribution in [3.05, 3.63) is 23.8 Å². The monoisotopic (exact) mass is 411 g/mol. The van der Waals surface area contributed by atoms with Crippen molar-refractivity contribution in [1.29, 1.82) is 0 Å². The molecule has 0 bridgehead atoms. The minimum Gasteiger partial charge on any atom is -0.373 e. The van der Waals surface area contributed by atoms with Gasteiger partial charge in [-0.2, -0.15) is 4.31 Å². The lowest BCUT2D eigenvalue weighted by atomic mass is 10.1. The quantitative estimate of drug-likeness (QED) is 0.746. The van der Waals surface area contributed by atoms with Crippen molar-refractivity contribution in [1.82, 2.24) is 9.21 Å². The molecule has 8 heteroatoms. The highest BCUT2D eigenvalue weighted by molar-refractivity contribution is 7.89. The predicted molar refractivity (Wildman–Crippen MR) is 111 cm³/mol. The predicted octanol–water partition coefficient (Wildman–Crippen LogP) is 2.46. The van der Waals surface area contributed by atoms with Gasteiger partial charge >= 0.3 is 0 Å². The largest absolute Gasteiger partial charge is 0.373 e. The maximum atomic E-state index is 12.9. The molecule has 1 aliphatic heterocycles. The number of hydrogen-bond donors (Lipinski definition) is 1. The van der Waals surface area contributed by atoms with Gasteiger partial charge in [-0.15, -0.1) is 0 Å². The van der Waals surface area contributed by atoms with E-state index in [9.17, 15) is 13.2 Å². The number of rotatable bonds is 7. The van der Waals surface area contributed by atoms with Crippen LogP contribution in [0.2, 0.25) is 0 Å². The van der Waals surface area contributed by atoms with E-state index in [4.69, 9.17) is 4.74 Å². The van der Waals surface area contributed by atoms with Gasteiger partial charge in [0.15, 0.2) is 0 Å². The molecule has 0 aromatic heterocycles. The molecule has 0 saturated carbocycles. The van der Waals surface area contributed by atoms with Gasteiger partial charge in [0.2, 0.25) is 15.9 Å². The molecule has 158 valence electrons. The van der Waals surface area contributed by atoms with Gasteiger partial charge in [-0.25, -0.2) is 8.42 Å². The van der Waals surface area contributed by atoms with E-state index in [1.54, 1.807) is 25.1 Å². The Balaban J connectivity index is 2.19. The van der Waals surface area contributed by atoms with Crippen LogP contribution in [0.5, 0.6) is 0 Å². The molecule has 0 spiro atoms. The third kappa shape index (κ3) is 5.11. The van der Waals surface area contributed by atoms with Crippen LogP contribution in [0.15, 0.2) is 23.1 Å². The van der Waals surface area contributed by atoms with E-state index < -0.39 is 10.0 Å². The van der Waals surface area contributed by atoms with Gasteiger partial charge in [0.05, 0.1) is 23.1 Å². The van der Waals surface area contributed by atoms with Crippen LogP contribution in [0.1, 0.15) is 40.2 Å². The topological polar surface area (TPSA) is 79.0 Å². The minimum absolute atomic E-state index is 0.0733. The molecule has 1 fully saturated rings. The lowest BCUT2D eigenvalue weighted by Crippen LogP contribution is -2.52. The summed E-state index contributed by atoms with van der Waals surface area (Å²) in [5, 5.41) is 2.88. The first-order chi connectivity index (χ1) is 13.1. The number of aryl methyl sites for hydroxylation is 1. The van der Waals surface area contributed by atoms with E-state index >= 15 is 0 Å². The van der Waals surface area contributed by atoms with Crippen molar-refractivity contribution in [2.75, 3.05) is 31.5 Å². The first-order valence-electron chi connectivity index (χ1n) is 9.91. The number of sulfonamides is 1. The minimum atomic E-state index is -3.59. The molecular formula is C20H33N3O4S. The van der Waals surface area contributed by atoms with Crippen LogP contribution >= 0.6 is 0 Å². The van der Waals surface area contributed by atoms with Crippen LogP contribution in [0, 0.1) is 6.92 Å². The molecule has 1 saturated heterocycles. The van der Waals surface area contributed by atoms with Crippen LogP contribution in [-0.4, -0.2) is 68.0 Å². The van der Waals surface area contributed by atoms with Crippen LogP contribution in [0.3, 0.4) is 0 Å². The van der Waals surface area contributed by atoms with E-state index in [2.05, 4.69) is 10.2 Å². The summed E-state index contributed by atoms with van der Waals surface area (Å²) in [6.07, 6.45) is 0.147. The molecule has 0 aliphatic carbocycles. The fraction of sp³-hybridized carbons (Fsp3) is 0.650. The van der Waals surface area contributed by atoms with Gasteiger partial charge < -0.3 is 10.1 Å². The van der Waals surface area contributed by atoms with Crippen LogP contribution in [-0.2, 0) is 19.6 Å². The number of nitrogens with one attached hydrogen (secondary N) is 1. The summed E-state index contributed by atoms with van der Waals surface area (Å²) in [4.78, 5) is 15.1. The van der Waals surface area contributed by atoms with Crippen molar-refractivity contribution in [2.24, 2.45) is 0 Å². The van der Waals surface area contributed by atoms with E-state index in [1.807, 2.05) is 34.6 Å². The highest BCUT2D eigenvalue weighted by Gasteiger charge is 2.30. The molecule has 0 radical (unpaired) electrons. The van der Waals surface area contributed by atoms with Crippen molar-refractivity contribution in [3.63, 3.8) is 0 Å². The van der Waals surface area contributed by atoms with Gasteiger partial charge in [0.1, 0.15) is 0 Å². The Morgan fingerprint density at radius 2 is 1.82 bits per heavy atom. The van der Waals surface area contributed by atoms with Crippen LogP contribution in [0.25, 0.3) is 0 Å². The second-order valence-electron chi connectivity index (χ2n) is 7.45. The number of carbonyl (C=O) groups is 1. The molecule has 1 amide bonds. The SMILES string of the molecule is CCN(CC)S(=O)(=O)c1cc(NC(=O)[C@@H](C)N2C[C@@H](C)O[C@H](C)C2)ccc1C. The number of hydrogen-bond acceptors (Lipinski definition) is 5. The average Bonchev–Trinajstić information content (AvgIpc) is 2.62. The summed E-state index contributed by atoms with van der Waals surface area (Å²) < 4.78 is 32.9. The summed E-state index contributed by atoms with van der Waals surface area (Å²) in [5.41, 5.74) is 1.15. The Hall–Kier alpha value is -1.48. The zero-order valence-corrected chi connectivity index (χ0v) is 18.5. The Morgan fingerprint density at radius 1 is 1.25 bits per heavy atom. The maximum absolute atomic E-state index is 12.9. The fourth-order valence-corrected chi connectivity index (χ4v) is 5.31. The number of anilines is 1. The summed E-state index contributed by atoms with van der Waals surface area (Å²) in [5.74, 6) is -0.156. The third-order valence-electron chi connectivity index (χ3n) is 5.15. The standard InChI is InChI=1S/C20H33N3O4S/c1-7-23(8-2)28(25,26)19-11-18(10-9-14(19)3)21-20(24)17(6)22-12-15(4)27-16(5)13-22/h9-11,15-17H,7-8,12-13H2,1-6H3,(H,21,24)/t15-,16-,17-/m1/s1. The number of carbonyl (C=O) groups excluding carboxylic acids is 1. The normalized spacial score (nSPS) is 22.2. The molecule has 7 nitrogen and oxygen atoms in total. The molecule has 0 unspecified atom stereocenters. The molecule has 1 N–H and O–H groups in total. The lowest BCUT2D eigenvalue weighted by molar-refractivity contribution is -0.126. The van der Waals surface area contributed by atoms with Gasteiger partial charge in [0.25, 0.3) is 0 Å². The average molecular weight is 412 g/mol. The molecule has 1 heterocycles. The highest BCUT2D eigenvalue weighted by atomic mass is 32.2. The van der Waals surface area contributed by atoms with E-state index in [0.29, 0.717) is 37.4 Å². The van der Waals surface area contributed by atoms with Crippen molar-refractivity contribution in [3.8, 4) is 0 Å². The summed E-state index contributed by atoms with van der Waals surface area (Å²) in [6.45, 7) is 13.4. The number of amides is 1. The fourth-order valence-electron chi connectivity index (χ4n) is 3.60. The molecule has 1 aliphatic rings. The molecule has 1 aromatic carbocycles. The Bertz CT molecular complexity index is 783. The zero-order valence-electron chi connectivity index (χ0n) is 17.7. The second-order valence-corrected chi connectivity index (χ2v) is 9.35. The number of nitrogens with zero attached hydrogens (tertiary/aromatic N) is 2. The summed E-state index contributed by atoms with van der Waals surface area (Å²) >= 11 is 0. The van der Waals surface area contributed by atoms with Gasteiger partial charge in [-0.05, 0) is 45.4 Å². The highest BCUT2D eigenvalue weighted by Crippen LogP contribution is 2.24. The Labute approximate surface area is 169 Å². The number of morpholine rings is 1. The summed E-state index contributed by atoms with van der Waals surface area (Å²) in [6, 6.07) is 4.69. The number of benzene rings is 1. The molecule has 3 atom stereocenters. The smallest absolute Gasteiger partial charge is 0.243 e. The van der Waals surface area contributed by atoms with E-state index in [1.165, 1.54) is 4.31 Å². The molecule has 2 rings (SSSR count). The Morgan fingerprint density at radius 3 is 2.36 bits per heavy atom. The third-order valence-corrected chi connectivity index (χ3v) is 7.35. The van der Waals surface area contributed by atoms with Crippen molar-refractivity contribution >= 4 is 21.6 Å². The van der Waals surface area contributed by atoms with Crippen LogP contribution < -0.4 is 5.32 Å². The number of ether oxygens (including phenoxy) is 1. The first-order valence-corrected chi connectivity index (χ1v) is 11.3. The maximum Gasteiger partial charge on any atom is 0.243 e. The van der Waals surface area contributed by atoms with Gasteiger partial charge in [-0.3, -0.25) is 9.69 Å². The van der Waals surface area contributed by atoms with E-state index in [-0.39, 0.29) is 29.1 Å². The molecular weight excluding hydrogens is 378 g/mol. The molecule has 28 heavy (non-hydrogen) atoms. The Kier molecular flexibility index (Phi) is 7.61. The molecule has 1 aromatic rings. The van der Waals surface area contributed by atoms with Gasteiger partial charge in [-0.1, -0.05) is 19.9 Å². The van der Waals surface area contributed by atoms with Gasteiger partial charge in [0, 0.05) is 31.9 Å².